The number of hydrogen-bond acceptors (Lipinski definition) is 1. The first-order valence-electron chi connectivity index (χ1n) is 7.01. The second kappa shape index (κ2) is 5.96. The van der Waals surface area contributed by atoms with E-state index in [0.717, 1.165) is 16.7 Å². The molecule has 0 radical (unpaired) electrons. The summed E-state index contributed by atoms with van der Waals surface area (Å²) in [7, 11) is 0. The molecule has 0 saturated heterocycles. The summed E-state index contributed by atoms with van der Waals surface area (Å²) in [6.45, 7) is 0.890. The van der Waals surface area contributed by atoms with E-state index in [2.05, 4.69) is 45.5 Å². The highest BCUT2D eigenvalue weighted by atomic mass is 79.9. The minimum atomic E-state index is -0.217. The maximum absolute atomic E-state index is 13.1. The van der Waals surface area contributed by atoms with E-state index in [1.165, 1.54) is 42.5 Å². The van der Waals surface area contributed by atoms with Crippen LogP contribution in [0.15, 0.2) is 46.9 Å². The molecule has 0 amide bonds. The van der Waals surface area contributed by atoms with Gasteiger partial charge in [0.05, 0.1) is 0 Å². The Hall–Kier alpha value is -1.35. The van der Waals surface area contributed by atoms with Crippen LogP contribution in [0, 0.1) is 5.82 Å². The first-order valence-corrected chi connectivity index (χ1v) is 7.80. The van der Waals surface area contributed by atoms with Gasteiger partial charge in [0.1, 0.15) is 5.82 Å². The highest BCUT2D eigenvalue weighted by Crippen LogP contribution is 2.32. The number of fused-ring (bicyclic) bond motifs is 1. The molecular formula is C17H17BrFN. The van der Waals surface area contributed by atoms with Crippen LogP contribution >= 0.6 is 15.9 Å². The molecule has 20 heavy (non-hydrogen) atoms. The smallest absolute Gasteiger partial charge is 0.124 e. The van der Waals surface area contributed by atoms with Gasteiger partial charge in [-0.05, 0) is 64.5 Å². The second-order valence-corrected chi connectivity index (χ2v) is 6.15. The molecular weight excluding hydrogens is 317 g/mol. The molecule has 0 heterocycles. The quantitative estimate of drug-likeness (QED) is 0.821. The molecule has 0 aromatic heterocycles. The fourth-order valence-electron chi connectivity index (χ4n) is 2.93. The fraction of sp³-hybridized carbons (Fsp3) is 0.294. The predicted octanol–water partition coefficient (Wildman–Crippen LogP) is 5.12. The highest BCUT2D eigenvalue weighted by Gasteiger charge is 2.19. The molecule has 0 fully saturated rings. The zero-order valence-corrected chi connectivity index (χ0v) is 12.8. The Morgan fingerprint density at radius 1 is 1.20 bits per heavy atom. The lowest BCUT2D eigenvalue weighted by atomic mass is 9.83. The van der Waals surface area contributed by atoms with E-state index in [4.69, 9.17) is 0 Å². The van der Waals surface area contributed by atoms with Crippen LogP contribution in [0.25, 0.3) is 0 Å². The van der Waals surface area contributed by atoms with E-state index >= 15 is 0 Å². The topological polar surface area (TPSA) is 12.0 Å². The average Bonchev–Trinajstić information content (AvgIpc) is 2.46. The van der Waals surface area contributed by atoms with Crippen molar-refractivity contribution < 1.29 is 4.39 Å². The van der Waals surface area contributed by atoms with Crippen LogP contribution in [-0.2, 0) is 6.42 Å². The average molecular weight is 334 g/mol. The maximum atomic E-state index is 13.1. The molecule has 3 rings (SSSR count). The van der Waals surface area contributed by atoms with Gasteiger partial charge in [0.15, 0.2) is 0 Å². The lowest BCUT2D eigenvalue weighted by Gasteiger charge is -2.26. The first kappa shape index (κ1) is 13.6. The molecule has 1 aliphatic carbocycles. The Morgan fingerprint density at radius 3 is 2.90 bits per heavy atom. The first-order chi connectivity index (χ1) is 9.74. The summed E-state index contributed by atoms with van der Waals surface area (Å²) in [4.78, 5) is 0. The fourth-order valence-corrected chi connectivity index (χ4v) is 3.42. The Balaban J connectivity index is 1.73. The summed E-state index contributed by atoms with van der Waals surface area (Å²) < 4.78 is 13.9. The molecule has 2 aromatic carbocycles. The van der Waals surface area contributed by atoms with Gasteiger partial charge >= 0.3 is 0 Å². The third-order valence-electron chi connectivity index (χ3n) is 3.96. The lowest BCUT2D eigenvalue weighted by molar-refractivity contribution is 0.571. The highest BCUT2D eigenvalue weighted by molar-refractivity contribution is 9.10. The summed E-state index contributed by atoms with van der Waals surface area (Å²) in [5, 5.41) is 3.44. The molecule has 1 N–H and O–H groups in total. The number of rotatable bonds is 3. The van der Waals surface area contributed by atoms with E-state index < -0.39 is 0 Å². The SMILES string of the molecule is Fc1ccc(NCC2CCCc3ccccc32)c(Br)c1. The van der Waals surface area contributed by atoms with E-state index in [1.54, 1.807) is 6.07 Å². The van der Waals surface area contributed by atoms with Crippen LogP contribution in [0.3, 0.4) is 0 Å². The van der Waals surface area contributed by atoms with Gasteiger partial charge in [0.2, 0.25) is 0 Å². The van der Waals surface area contributed by atoms with E-state index in [1.807, 2.05) is 0 Å². The van der Waals surface area contributed by atoms with Crippen molar-refractivity contribution in [1.29, 1.82) is 0 Å². The van der Waals surface area contributed by atoms with Crippen molar-refractivity contribution in [2.45, 2.75) is 25.2 Å². The third kappa shape index (κ3) is 2.88. The van der Waals surface area contributed by atoms with Gasteiger partial charge in [-0.15, -0.1) is 0 Å². The van der Waals surface area contributed by atoms with Crippen LogP contribution in [0.2, 0.25) is 0 Å². The van der Waals surface area contributed by atoms with Gasteiger partial charge in [-0.2, -0.15) is 0 Å². The number of nitrogens with one attached hydrogen (secondary N) is 1. The van der Waals surface area contributed by atoms with Gasteiger partial charge < -0.3 is 5.32 Å². The van der Waals surface area contributed by atoms with Crippen molar-refractivity contribution in [3.05, 3.63) is 63.9 Å². The largest absolute Gasteiger partial charge is 0.384 e. The second-order valence-electron chi connectivity index (χ2n) is 5.29. The van der Waals surface area contributed by atoms with Crippen LogP contribution in [0.1, 0.15) is 29.9 Å². The van der Waals surface area contributed by atoms with Crippen LogP contribution in [0.4, 0.5) is 10.1 Å². The normalized spacial score (nSPS) is 17.6. The minimum Gasteiger partial charge on any atom is -0.384 e. The number of aryl methyl sites for hydroxylation is 1. The summed E-state index contributed by atoms with van der Waals surface area (Å²) in [5.41, 5.74) is 3.89. The molecule has 0 bridgehead atoms. The van der Waals surface area contributed by atoms with Gasteiger partial charge in [-0.1, -0.05) is 24.3 Å². The van der Waals surface area contributed by atoms with Gasteiger partial charge in [-0.3, -0.25) is 0 Å². The van der Waals surface area contributed by atoms with Crippen molar-refractivity contribution in [3.8, 4) is 0 Å². The van der Waals surface area contributed by atoms with Crippen LogP contribution in [-0.4, -0.2) is 6.54 Å². The van der Waals surface area contributed by atoms with Gasteiger partial charge in [0, 0.05) is 22.6 Å². The molecule has 0 aliphatic heterocycles. The molecule has 1 atom stereocenters. The predicted molar refractivity (Wildman–Crippen MR) is 84.7 cm³/mol. The third-order valence-corrected chi connectivity index (χ3v) is 4.62. The molecule has 104 valence electrons. The Kier molecular flexibility index (Phi) is 4.06. The van der Waals surface area contributed by atoms with Crippen molar-refractivity contribution in [1.82, 2.24) is 0 Å². The Morgan fingerprint density at radius 2 is 2.05 bits per heavy atom. The minimum absolute atomic E-state index is 0.217. The lowest BCUT2D eigenvalue weighted by Crippen LogP contribution is -2.18. The van der Waals surface area contributed by atoms with Crippen LogP contribution < -0.4 is 5.32 Å². The molecule has 2 aromatic rings. The molecule has 1 unspecified atom stereocenters. The summed E-state index contributed by atoms with van der Waals surface area (Å²) in [6, 6.07) is 13.5. The zero-order valence-electron chi connectivity index (χ0n) is 11.2. The Labute approximate surface area is 127 Å². The number of hydrogen-bond donors (Lipinski definition) is 1. The van der Waals surface area contributed by atoms with Crippen molar-refractivity contribution in [2.24, 2.45) is 0 Å². The molecule has 1 nitrogen and oxygen atoms in total. The number of anilines is 1. The molecule has 0 spiro atoms. The van der Waals surface area contributed by atoms with Gasteiger partial charge in [-0.25, -0.2) is 4.39 Å². The Bertz CT molecular complexity index is 612. The van der Waals surface area contributed by atoms with Gasteiger partial charge in [0.25, 0.3) is 0 Å². The monoisotopic (exact) mass is 333 g/mol. The van der Waals surface area contributed by atoms with Crippen molar-refractivity contribution in [3.63, 3.8) is 0 Å². The molecule has 0 saturated carbocycles. The van der Waals surface area contributed by atoms with E-state index in [9.17, 15) is 4.39 Å². The summed E-state index contributed by atoms with van der Waals surface area (Å²) in [5.74, 6) is 0.322. The van der Waals surface area contributed by atoms with E-state index in [-0.39, 0.29) is 5.82 Å². The van der Waals surface area contributed by atoms with E-state index in [0.29, 0.717) is 5.92 Å². The van der Waals surface area contributed by atoms with Crippen LogP contribution in [0.5, 0.6) is 0 Å². The number of benzene rings is 2. The number of halogens is 2. The molecule has 1 aliphatic rings. The van der Waals surface area contributed by atoms with Crippen molar-refractivity contribution in [2.75, 3.05) is 11.9 Å². The standard InChI is InChI=1S/C17H17BrFN/c18-16-10-14(19)8-9-17(16)20-11-13-6-3-5-12-4-1-2-7-15(12)13/h1-2,4,7-10,13,20H,3,5-6,11H2. The maximum Gasteiger partial charge on any atom is 0.124 e. The summed E-state index contributed by atoms with van der Waals surface area (Å²) >= 11 is 3.40. The molecule has 3 heteroatoms. The summed E-state index contributed by atoms with van der Waals surface area (Å²) in [6.07, 6.45) is 3.64. The van der Waals surface area contributed by atoms with Crippen molar-refractivity contribution >= 4 is 21.6 Å². The zero-order chi connectivity index (χ0) is 13.9.